The van der Waals surface area contributed by atoms with Crippen molar-refractivity contribution in [2.45, 2.75) is 0 Å². The van der Waals surface area contributed by atoms with Crippen molar-refractivity contribution >= 4 is 49.1 Å². The van der Waals surface area contributed by atoms with E-state index in [1.165, 1.54) is 18.2 Å². The maximum absolute atomic E-state index is 13.2. The van der Waals surface area contributed by atoms with Crippen LogP contribution in [0.25, 0.3) is 0 Å². The molecule has 0 aliphatic rings. The molecule has 0 bridgehead atoms. The maximum Gasteiger partial charge on any atom is 0.255 e. The van der Waals surface area contributed by atoms with Crippen LogP contribution >= 0.6 is 31.9 Å². The Morgan fingerprint density at radius 1 is 1.05 bits per heavy atom. The van der Waals surface area contributed by atoms with E-state index in [-0.39, 0.29) is 11.6 Å². The van der Waals surface area contributed by atoms with Crippen LogP contribution in [0.15, 0.2) is 45.3 Å². The van der Waals surface area contributed by atoms with Gasteiger partial charge in [-0.1, -0.05) is 31.9 Å². The second-order valence-electron chi connectivity index (χ2n) is 3.89. The Balaban J connectivity index is 2.25. The molecule has 2 aromatic carbocycles. The van der Waals surface area contributed by atoms with E-state index >= 15 is 0 Å². The minimum absolute atomic E-state index is 0.255. The number of rotatable bonds is 2. The molecule has 0 fully saturated rings. The smallest absolute Gasteiger partial charge is 0.255 e. The maximum atomic E-state index is 13.2. The highest BCUT2D eigenvalue weighted by molar-refractivity contribution is 9.11. The Morgan fingerprint density at radius 3 is 2.26 bits per heavy atom. The molecule has 3 nitrogen and oxygen atoms in total. The fraction of sp³-hybridized carbons (Fsp3) is 0. The third kappa shape index (κ3) is 3.78. The number of carbonyl (C=O) groups is 1. The summed E-state index contributed by atoms with van der Waals surface area (Å²) in [5.74, 6) is -0.835. The van der Waals surface area contributed by atoms with Crippen LogP contribution in [0, 0.1) is 5.82 Å². The van der Waals surface area contributed by atoms with Gasteiger partial charge in [0, 0.05) is 25.9 Å². The van der Waals surface area contributed by atoms with Crippen molar-refractivity contribution in [2.24, 2.45) is 0 Å². The zero-order valence-corrected chi connectivity index (χ0v) is 12.8. The zero-order chi connectivity index (χ0) is 14.0. The molecule has 0 radical (unpaired) electrons. The van der Waals surface area contributed by atoms with Crippen molar-refractivity contribution in [3.63, 3.8) is 0 Å². The summed E-state index contributed by atoms with van der Waals surface area (Å²) in [5.41, 5.74) is 6.54. The summed E-state index contributed by atoms with van der Waals surface area (Å²) in [6.45, 7) is 0. The Hall–Kier alpha value is -1.40. The number of benzene rings is 2. The van der Waals surface area contributed by atoms with Crippen LogP contribution in [-0.2, 0) is 0 Å². The monoisotopic (exact) mass is 386 g/mol. The fourth-order valence-electron chi connectivity index (χ4n) is 1.57. The lowest BCUT2D eigenvalue weighted by molar-refractivity contribution is 0.102. The Morgan fingerprint density at radius 2 is 1.68 bits per heavy atom. The topological polar surface area (TPSA) is 55.1 Å². The first-order valence-electron chi connectivity index (χ1n) is 5.27. The lowest BCUT2D eigenvalue weighted by atomic mass is 10.2. The van der Waals surface area contributed by atoms with Gasteiger partial charge in [0.2, 0.25) is 0 Å². The van der Waals surface area contributed by atoms with Crippen LogP contribution < -0.4 is 11.1 Å². The number of carbonyl (C=O) groups excluding carboxylic acids is 1. The predicted molar refractivity (Wildman–Crippen MR) is 80.6 cm³/mol. The molecule has 0 aliphatic carbocycles. The number of amides is 1. The lowest BCUT2D eigenvalue weighted by Gasteiger charge is -2.07. The summed E-state index contributed by atoms with van der Waals surface area (Å²) in [4.78, 5) is 12.0. The molecule has 0 unspecified atom stereocenters. The number of halogens is 3. The lowest BCUT2D eigenvalue weighted by Crippen LogP contribution is -2.12. The first kappa shape index (κ1) is 14.0. The van der Waals surface area contributed by atoms with Gasteiger partial charge in [-0.3, -0.25) is 4.79 Å². The summed E-state index contributed by atoms with van der Waals surface area (Å²) in [6, 6.07) is 9.04. The van der Waals surface area contributed by atoms with Gasteiger partial charge in [0.05, 0.1) is 0 Å². The van der Waals surface area contributed by atoms with Gasteiger partial charge in [-0.2, -0.15) is 0 Å². The molecule has 2 rings (SSSR count). The largest absolute Gasteiger partial charge is 0.399 e. The van der Waals surface area contributed by atoms with Crippen molar-refractivity contribution in [2.75, 3.05) is 11.1 Å². The van der Waals surface area contributed by atoms with Gasteiger partial charge >= 0.3 is 0 Å². The van der Waals surface area contributed by atoms with Crippen LogP contribution in [-0.4, -0.2) is 5.91 Å². The Kier molecular flexibility index (Phi) is 4.21. The van der Waals surface area contributed by atoms with E-state index < -0.39 is 5.82 Å². The van der Waals surface area contributed by atoms with E-state index in [0.717, 1.165) is 8.95 Å². The third-order valence-corrected chi connectivity index (χ3v) is 3.22. The summed E-state index contributed by atoms with van der Waals surface area (Å²) in [5, 5.41) is 2.59. The van der Waals surface area contributed by atoms with Crippen molar-refractivity contribution in [3.8, 4) is 0 Å². The van der Waals surface area contributed by atoms with Crippen LogP contribution in [0.4, 0.5) is 15.8 Å². The van der Waals surface area contributed by atoms with Crippen molar-refractivity contribution < 1.29 is 9.18 Å². The first-order valence-corrected chi connectivity index (χ1v) is 6.86. The molecule has 6 heteroatoms. The average molecular weight is 388 g/mol. The minimum Gasteiger partial charge on any atom is -0.399 e. The van der Waals surface area contributed by atoms with E-state index in [0.29, 0.717) is 11.3 Å². The van der Waals surface area contributed by atoms with E-state index in [1.54, 1.807) is 12.1 Å². The molecule has 0 atom stereocenters. The molecule has 0 aliphatic heterocycles. The molecule has 2 aromatic rings. The van der Waals surface area contributed by atoms with Crippen molar-refractivity contribution in [1.82, 2.24) is 0 Å². The minimum atomic E-state index is -0.495. The summed E-state index contributed by atoms with van der Waals surface area (Å²) in [7, 11) is 0. The van der Waals surface area contributed by atoms with E-state index in [1.807, 2.05) is 6.07 Å². The van der Waals surface area contributed by atoms with Gasteiger partial charge in [-0.25, -0.2) is 4.39 Å². The summed E-state index contributed by atoms with van der Waals surface area (Å²) < 4.78 is 14.7. The van der Waals surface area contributed by atoms with Crippen LogP contribution in [0.5, 0.6) is 0 Å². The molecule has 19 heavy (non-hydrogen) atoms. The molecule has 98 valence electrons. The van der Waals surface area contributed by atoms with E-state index in [9.17, 15) is 9.18 Å². The second kappa shape index (κ2) is 5.71. The Bertz CT molecular complexity index is 606. The number of hydrogen-bond donors (Lipinski definition) is 2. The van der Waals surface area contributed by atoms with Crippen LogP contribution in [0.2, 0.25) is 0 Å². The number of nitrogens with one attached hydrogen (secondary N) is 1. The molecule has 0 saturated heterocycles. The van der Waals surface area contributed by atoms with Crippen LogP contribution in [0.1, 0.15) is 10.4 Å². The number of nitrogen functional groups attached to an aromatic ring is 1. The highest BCUT2D eigenvalue weighted by Crippen LogP contribution is 2.22. The molecule has 1 amide bonds. The number of nitrogens with two attached hydrogens (primary N) is 1. The van der Waals surface area contributed by atoms with Gasteiger partial charge in [0.25, 0.3) is 5.91 Å². The quantitative estimate of drug-likeness (QED) is 0.759. The molecule has 0 saturated carbocycles. The van der Waals surface area contributed by atoms with Gasteiger partial charge in [-0.05, 0) is 36.4 Å². The standard InChI is InChI=1S/C13H9Br2FN2O/c14-8-1-7(2-9(15)3-8)13(19)18-12-5-10(16)4-11(17)6-12/h1-6H,17H2,(H,18,19). The zero-order valence-electron chi connectivity index (χ0n) is 9.58. The Labute approximate surface area is 126 Å². The predicted octanol–water partition coefficient (Wildman–Crippen LogP) is 4.19. The molecule has 0 heterocycles. The third-order valence-electron chi connectivity index (χ3n) is 2.30. The normalized spacial score (nSPS) is 10.3. The molecule has 0 spiro atoms. The van der Waals surface area contributed by atoms with E-state index in [2.05, 4.69) is 37.2 Å². The van der Waals surface area contributed by atoms with Gasteiger partial charge in [-0.15, -0.1) is 0 Å². The second-order valence-corrected chi connectivity index (χ2v) is 5.72. The highest BCUT2D eigenvalue weighted by Gasteiger charge is 2.09. The fourth-order valence-corrected chi connectivity index (χ4v) is 2.87. The highest BCUT2D eigenvalue weighted by atomic mass is 79.9. The average Bonchev–Trinajstić information content (AvgIpc) is 2.25. The molecular weight excluding hydrogens is 379 g/mol. The van der Waals surface area contributed by atoms with Gasteiger partial charge < -0.3 is 11.1 Å². The number of anilines is 2. The van der Waals surface area contributed by atoms with Crippen molar-refractivity contribution in [3.05, 3.63) is 56.7 Å². The van der Waals surface area contributed by atoms with Gasteiger partial charge in [0.15, 0.2) is 0 Å². The molecular formula is C13H9Br2FN2O. The number of hydrogen-bond acceptors (Lipinski definition) is 2. The first-order chi connectivity index (χ1) is 8.94. The summed E-state index contributed by atoms with van der Waals surface area (Å²) >= 11 is 6.60. The van der Waals surface area contributed by atoms with Crippen molar-refractivity contribution in [1.29, 1.82) is 0 Å². The van der Waals surface area contributed by atoms with Crippen LogP contribution in [0.3, 0.4) is 0 Å². The van der Waals surface area contributed by atoms with E-state index in [4.69, 9.17) is 5.73 Å². The molecule has 0 aromatic heterocycles. The summed E-state index contributed by atoms with van der Waals surface area (Å²) in [6.07, 6.45) is 0. The SMILES string of the molecule is Nc1cc(F)cc(NC(=O)c2cc(Br)cc(Br)c2)c1. The van der Waals surface area contributed by atoms with Gasteiger partial charge in [0.1, 0.15) is 5.82 Å². The molecule has 3 N–H and O–H groups in total.